The monoisotopic (exact) mass is 280 g/mol. The minimum atomic E-state index is -0.910. The van der Waals surface area contributed by atoms with E-state index in [4.69, 9.17) is 21.7 Å². The number of hydrogen-bond acceptors (Lipinski definition) is 5. The molecule has 0 rings (SSSR count). The summed E-state index contributed by atoms with van der Waals surface area (Å²) in [6, 6.07) is -1.35. The van der Waals surface area contributed by atoms with E-state index in [1.165, 1.54) is 0 Å². The number of carbonyl (C=O) groups is 2. The molecule has 6 nitrogen and oxygen atoms in total. The molecule has 0 aromatic carbocycles. The first-order valence-corrected chi connectivity index (χ1v) is 7.06. The third kappa shape index (κ3) is 13.3. The van der Waals surface area contributed by atoms with Gasteiger partial charge in [0.1, 0.15) is 12.1 Å². The average molecular weight is 280 g/mol. The summed E-state index contributed by atoms with van der Waals surface area (Å²) in [6.07, 6.45) is 1.96. The van der Waals surface area contributed by atoms with Gasteiger partial charge in [0.05, 0.1) is 0 Å². The van der Waals surface area contributed by atoms with Gasteiger partial charge in [-0.2, -0.15) is 11.8 Å². The highest BCUT2D eigenvalue weighted by Gasteiger charge is 2.09. The highest BCUT2D eigenvalue weighted by Crippen LogP contribution is 2.02. The van der Waals surface area contributed by atoms with Gasteiger partial charge in [-0.15, -0.1) is 0 Å². The maximum Gasteiger partial charge on any atom is 0.320 e. The highest BCUT2D eigenvalue weighted by atomic mass is 32.2. The molecule has 0 saturated carbocycles. The molecule has 0 radical (unpaired) electrons. The average Bonchev–Trinajstić information content (AvgIpc) is 2.30. The molecule has 0 aromatic rings. The Bertz CT molecular complexity index is 239. The lowest BCUT2D eigenvalue weighted by molar-refractivity contribution is -0.139. The van der Waals surface area contributed by atoms with Crippen molar-refractivity contribution in [1.82, 2.24) is 0 Å². The quantitative estimate of drug-likeness (QED) is 0.483. The van der Waals surface area contributed by atoms with Crippen LogP contribution >= 0.6 is 11.8 Å². The minimum absolute atomic E-state index is 0.563. The van der Waals surface area contributed by atoms with Crippen molar-refractivity contribution >= 4 is 23.7 Å². The number of hydrogen-bond donors (Lipinski definition) is 4. The molecular formula is C11H24N2O4S. The Balaban J connectivity index is 0. The fourth-order valence-electron chi connectivity index (χ4n) is 0.913. The van der Waals surface area contributed by atoms with Gasteiger partial charge in [0.2, 0.25) is 0 Å². The lowest BCUT2D eigenvalue weighted by atomic mass is 10.2. The van der Waals surface area contributed by atoms with Gasteiger partial charge in [0.25, 0.3) is 0 Å². The molecule has 0 amide bonds. The van der Waals surface area contributed by atoms with E-state index in [1.807, 2.05) is 13.8 Å². The van der Waals surface area contributed by atoms with Gasteiger partial charge in [-0.25, -0.2) is 0 Å². The van der Waals surface area contributed by atoms with E-state index in [1.54, 1.807) is 11.8 Å². The highest BCUT2D eigenvalue weighted by molar-refractivity contribution is 7.99. The van der Waals surface area contributed by atoms with E-state index in [9.17, 15) is 9.59 Å². The SMILES string of the molecule is CCC[C@H](N)C(=O)O.CCSCC[C@H](N)C(=O)O. The molecule has 0 spiro atoms. The van der Waals surface area contributed by atoms with Crippen LogP contribution in [0.1, 0.15) is 33.1 Å². The molecule has 0 aromatic heterocycles. The number of carboxylic acid groups (broad SMARTS) is 2. The number of nitrogens with two attached hydrogens (primary N) is 2. The smallest absolute Gasteiger partial charge is 0.320 e. The third-order valence-electron chi connectivity index (χ3n) is 2.01. The van der Waals surface area contributed by atoms with E-state index in [0.29, 0.717) is 12.8 Å². The van der Waals surface area contributed by atoms with Crippen molar-refractivity contribution in [2.75, 3.05) is 11.5 Å². The fraction of sp³-hybridized carbons (Fsp3) is 0.818. The topological polar surface area (TPSA) is 127 Å². The molecule has 0 unspecified atom stereocenters. The molecule has 0 fully saturated rings. The van der Waals surface area contributed by atoms with Crippen LogP contribution in [0.4, 0.5) is 0 Å². The van der Waals surface area contributed by atoms with E-state index in [2.05, 4.69) is 0 Å². The van der Waals surface area contributed by atoms with Crippen molar-refractivity contribution < 1.29 is 19.8 Å². The van der Waals surface area contributed by atoms with Gasteiger partial charge in [0.15, 0.2) is 0 Å². The van der Waals surface area contributed by atoms with Crippen molar-refractivity contribution in [2.24, 2.45) is 11.5 Å². The van der Waals surface area contributed by atoms with Crippen molar-refractivity contribution in [3.05, 3.63) is 0 Å². The van der Waals surface area contributed by atoms with Crippen LogP contribution in [0, 0.1) is 0 Å². The van der Waals surface area contributed by atoms with Gasteiger partial charge in [-0.3, -0.25) is 9.59 Å². The zero-order valence-electron chi connectivity index (χ0n) is 11.0. The number of carboxylic acids is 2. The summed E-state index contributed by atoms with van der Waals surface area (Å²) in [5.74, 6) is 0.0413. The number of rotatable bonds is 8. The first-order chi connectivity index (χ1) is 8.36. The molecule has 0 saturated heterocycles. The molecule has 7 heteroatoms. The van der Waals surface area contributed by atoms with E-state index >= 15 is 0 Å². The van der Waals surface area contributed by atoms with Crippen molar-refractivity contribution in [2.45, 2.75) is 45.2 Å². The Kier molecular flexibility index (Phi) is 13.7. The summed E-state index contributed by atoms with van der Waals surface area (Å²) in [7, 11) is 0. The first kappa shape index (κ1) is 19.5. The zero-order valence-corrected chi connectivity index (χ0v) is 11.8. The molecule has 0 aliphatic heterocycles. The summed E-state index contributed by atoms with van der Waals surface area (Å²) in [6.45, 7) is 3.94. The molecule has 108 valence electrons. The number of aliphatic carboxylic acids is 2. The molecular weight excluding hydrogens is 256 g/mol. The van der Waals surface area contributed by atoms with Crippen LogP contribution < -0.4 is 11.5 Å². The van der Waals surface area contributed by atoms with E-state index in [0.717, 1.165) is 17.9 Å². The Hall–Kier alpha value is -0.790. The molecule has 2 atom stereocenters. The second-order valence-electron chi connectivity index (χ2n) is 3.66. The van der Waals surface area contributed by atoms with Crippen LogP contribution in [0.25, 0.3) is 0 Å². The van der Waals surface area contributed by atoms with Gasteiger partial charge in [-0.1, -0.05) is 20.3 Å². The van der Waals surface area contributed by atoms with Crippen LogP contribution in [0.5, 0.6) is 0 Å². The molecule has 0 aliphatic carbocycles. The third-order valence-corrected chi connectivity index (χ3v) is 2.94. The van der Waals surface area contributed by atoms with Crippen LogP contribution in [0.2, 0.25) is 0 Å². The van der Waals surface area contributed by atoms with Gasteiger partial charge in [-0.05, 0) is 24.3 Å². The standard InChI is InChI=1S/C6H13NO2S.C5H11NO2/c1-2-10-4-3-5(7)6(8)9;1-2-3-4(6)5(7)8/h5H,2-4,7H2,1H3,(H,8,9);4H,2-3,6H2,1H3,(H,7,8)/t5-;4-/m00/s1. The van der Waals surface area contributed by atoms with Crippen LogP contribution in [-0.2, 0) is 9.59 Å². The molecule has 0 heterocycles. The Morgan fingerprint density at radius 2 is 1.50 bits per heavy atom. The van der Waals surface area contributed by atoms with Crippen molar-refractivity contribution in [3.63, 3.8) is 0 Å². The second kappa shape index (κ2) is 12.7. The summed E-state index contributed by atoms with van der Waals surface area (Å²) in [5, 5.41) is 16.5. The normalized spacial score (nSPS) is 13.1. The van der Waals surface area contributed by atoms with Crippen molar-refractivity contribution in [1.29, 1.82) is 0 Å². The maximum atomic E-state index is 10.2. The predicted molar refractivity (Wildman–Crippen MR) is 73.7 cm³/mol. The summed E-state index contributed by atoms with van der Waals surface area (Å²) < 4.78 is 0. The van der Waals surface area contributed by atoms with Gasteiger partial charge in [0, 0.05) is 0 Å². The van der Waals surface area contributed by atoms with Crippen LogP contribution in [0.15, 0.2) is 0 Å². The molecule has 6 N–H and O–H groups in total. The molecule has 18 heavy (non-hydrogen) atoms. The van der Waals surface area contributed by atoms with Gasteiger partial charge < -0.3 is 21.7 Å². The summed E-state index contributed by atoms with van der Waals surface area (Å²) in [5.41, 5.74) is 10.4. The Morgan fingerprint density at radius 1 is 1.06 bits per heavy atom. The lowest BCUT2D eigenvalue weighted by Gasteiger charge is -2.03. The predicted octanol–water partition coefficient (Wildman–Crippen LogP) is 0.740. The van der Waals surface area contributed by atoms with Crippen LogP contribution in [0.3, 0.4) is 0 Å². The first-order valence-electron chi connectivity index (χ1n) is 5.91. The minimum Gasteiger partial charge on any atom is -0.480 e. The van der Waals surface area contributed by atoms with E-state index < -0.39 is 24.0 Å². The second-order valence-corrected chi connectivity index (χ2v) is 5.06. The van der Waals surface area contributed by atoms with Crippen molar-refractivity contribution in [3.8, 4) is 0 Å². The maximum absolute atomic E-state index is 10.2. The van der Waals surface area contributed by atoms with Crippen LogP contribution in [-0.4, -0.2) is 45.7 Å². The van der Waals surface area contributed by atoms with E-state index in [-0.39, 0.29) is 0 Å². The Labute approximate surface area is 112 Å². The fourth-order valence-corrected chi connectivity index (χ4v) is 1.62. The largest absolute Gasteiger partial charge is 0.480 e. The molecule has 0 bridgehead atoms. The summed E-state index contributed by atoms with van der Waals surface area (Å²) in [4.78, 5) is 20.1. The zero-order chi connectivity index (χ0) is 14.6. The summed E-state index contributed by atoms with van der Waals surface area (Å²) >= 11 is 1.71. The number of thioether (sulfide) groups is 1. The molecule has 0 aliphatic rings. The Morgan fingerprint density at radius 3 is 1.78 bits per heavy atom. The lowest BCUT2D eigenvalue weighted by Crippen LogP contribution is -2.30. The van der Waals surface area contributed by atoms with Gasteiger partial charge >= 0.3 is 11.9 Å².